The van der Waals surface area contributed by atoms with Crippen LogP contribution in [0.2, 0.25) is 0 Å². The Morgan fingerprint density at radius 3 is 2.83 bits per heavy atom. The van der Waals surface area contributed by atoms with Crippen LogP contribution in [-0.2, 0) is 13.1 Å². The lowest BCUT2D eigenvalue weighted by atomic mass is 10.2. The summed E-state index contributed by atoms with van der Waals surface area (Å²) >= 11 is 5.18. The minimum Gasteiger partial charge on any atom is -0.339 e. The van der Waals surface area contributed by atoms with Crippen molar-refractivity contribution in [2.24, 2.45) is 5.73 Å². The standard InChI is InChI=1S/C12H15BrN4S/c1-8-9(4-14)5-15-12(16-8)17(2)6-11-3-10(13)7-18-11/h3,5,7H,4,6,14H2,1-2H3. The molecule has 96 valence electrons. The number of rotatable bonds is 4. The highest BCUT2D eigenvalue weighted by molar-refractivity contribution is 9.10. The van der Waals surface area contributed by atoms with E-state index in [0.29, 0.717) is 6.54 Å². The summed E-state index contributed by atoms with van der Waals surface area (Å²) < 4.78 is 1.12. The van der Waals surface area contributed by atoms with Crippen LogP contribution in [0.15, 0.2) is 22.1 Å². The lowest BCUT2D eigenvalue weighted by Crippen LogP contribution is -2.19. The number of halogens is 1. The number of hydrogen-bond acceptors (Lipinski definition) is 5. The molecule has 0 aromatic carbocycles. The van der Waals surface area contributed by atoms with Crippen molar-refractivity contribution in [3.63, 3.8) is 0 Å². The lowest BCUT2D eigenvalue weighted by molar-refractivity contribution is 0.855. The van der Waals surface area contributed by atoms with Crippen molar-refractivity contribution in [1.29, 1.82) is 0 Å². The molecule has 0 aliphatic rings. The molecule has 0 unspecified atom stereocenters. The maximum Gasteiger partial charge on any atom is 0.225 e. The van der Waals surface area contributed by atoms with Crippen molar-refractivity contribution in [2.45, 2.75) is 20.0 Å². The lowest BCUT2D eigenvalue weighted by Gasteiger charge is -2.17. The molecule has 2 N–H and O–H groups in total. The molecule has 0 saturated carbocycles. The van der Waals surface area contributed by atoms with Gasteiger partial charge in [0.05, 0.1) is 6.54 Å². The molecule has 0 saturated heterocycles. The van der Waals surface area contributed by atoms with Gasteiger partial charge in [-0.05, 0) is 28.9 Å². The maximum atomic E-state index is 5.61. The van der Waals surface area contributed by atoms with E-state index in [9.17, 15) is 0 Å². The van der Waals surface area contributed by atoms with Crippen molar-refractivity contribution in [2.75, 3.05) is 11.9 Å². The normalized spacial score (nSPS) is 10.7. The van der Waals surface area contributed by atoms with E-state index in [2.05, 4.69) is 37.3 Å². The number of nitrogens with zero attached hydrogens (tertiary/aromatic N) is 3. The fraction of sp³-hybridized carbons (Fsp3) is 0.333. The topological polar surface area (TPSA) is 55.0 Å². The van der Waals surface area contributed by atoms with E-state index in [-0.39, 0.29) is 0 Å². The van der Waals surface area contributed by atoms with Crippen LogP contribution in [0, 0.1) is 6.92 Å². The van der Waals surface area contributed by atoms with Crippen molar-refractivity contribution < 1.29 is 0 Å². The number of nitrogens with two attached hydrogens (primary N) is 1. The van der Waals surface area contributed by atoms with Gasteiger partial charge in [-0.1, -0.05) is 0 Å². The van der Waals surface area contributed by atoms with E-state index < -0.39 is 0 Å². The summed E-state index contributed by atoms with van der Waals surface area (Å²) in [4.78, 5) is 12.1. The molecule has 0 spiro atoms. The minimum absolute atomic E-state index is 0.480. The molecule has 2 aromatic rings. The first-order valence-electron chi connectivity index (χ1n) is 5.56. The Bertz CT molecular complexity index is 541. The molecule has 0 bridgehead atoms. The van der Waals surface area contributed by atoms with E-state index in [1.54, 1.807) is 17.5 Å². The Hall–Kier alpha value is -0.980. The van der Waals surface area contributed by atoms with E-state index in [0.717, 1.165) is 28.2 Å². The van der Waals surface area contributed by atoms with Gasteiger partial charge >= 0.3 is 0 Å². The Morgan fingerprint density at radius 2 is 2.28 bits per heavy atom. The molecule has 18 heavy (non-hydrogen) atoms. The van der Waals surface area contributed by atoms with Crippen molar-refractivity contribution in [3.05, 3.63) is 38.3 Å². The molecule has 0 radical (unpaired) electrons. The fourth-order valence-electron chi connectivity index (χ4n) is 1.61. The highest BCUT2D eigenvalue weighted by atomic mass is 79.9. The third-order valence-corrected chi connectivity index (χ3v) is 4.33. The monoisotopic (exact) mass is 326 g/mol. The Morgan fingerprint density at radius 1 is 1.50 bits per heavy atom. The Balaban J connectivity index is 2.13. The summed E-state index contributed by atoms with van der Waals surface area (Å²) in [7, 11) is 1.99. The molecule has 2 aromatic heterocycles. The van der Waals surface area contributed by atoms with Crippen LogP contribution < -0.4 is 10.6 Å². The number of aromatic nitrogens is 2. The van der Waals surface area contributed by atoms with Crippen LogP contribution >= 0.6 is 27.3 Å². The molecule has 0 aliphatic carbocycles. The SMILES string of the molecule is Cc1nc(N(C)Cc2cc(Br)cs2)ncc1CN. The van der Waals surface area contributed by atoms with Crippen LogP contribution in [0.1, 0.15) is 16.1 Å². The summed E-state index contributed by atoms with van der Waals surface area (Å²) in [6.45, 7) is 3.24. The van der Waals surface area contributed by atoms with Gasteiger partial charge in [0, 0.05) is 45.8 Å². The molecule has 2 rings (SSSR count). The second-order valence-corrected chi connectivity index (χ2v) is 5.98. The van der Waals surface area contributed by atoms with Crippen molar-refractivity contribution >= 4 is 33.2 Å². The van der Waals surface area contributed by atoms with Crippen LogP contribution in [-0.4, -0.2) is 17.0 Å². The number of aryl methyl sites for hydroxylation is 1. The highest BCUT2D eigenvalue weighted by Crippen LogP contribution is 2.22. The molecule has 0 fully saturated rings. The van der Waals surface area contributed by atoms with Crippen molar-refractivity contribution in [1.82, 2.24) is 9.97 Å². The van der Waals surface area contributed by atoms with Crippen LogP contribution in [0.5, 0.6) is 0 Å². The molecular formula is C12H15BrN4S. The van der Waals surface area contributed by atoms with E-state index in [1.165, 1.54) is 4.88 Å². The quantitative estimate of drug-likeness (QED) is 0.938. The largest absolute Gasteiger partial charge is 0.339 e. The smallest absolute Gasteiger partial charge is 0.225 e. The van der Waals surface area contributed by atoms with Gasteiger partial charge < -0.3 is 10.6 Å². The zero-order chi connectivity index (χ0) is 13.1. The second-order valence-electron chi connectivity index (χ2n) is 4.07. The Labute approximate surface area is 119 Å². The van der Waals surface area contributed by atoms with Gasteiger partial charge in [-0.15, -0.1) is 11.3 Å². The van der Waals surface area contributed by atoms with E-state index in [1.807, 2.05) is 18.9 Å². The molecule has 4 nitrogen and oxygen atoms in total. The first-order chi connectivity index (χ1) is 8.60. The van der Waals surface area contributed by atoms with Gasteiger partial charge in [0.1, 0.15) is 0 Å². The molecule has 2 heterocycles. The Kier molecular flexibility index (Phi) is 4.31. The van der Waals surface area contributed by atoms with Gasteiger partial charge in [0.25, 0.3) is 0 Å². The van der Waals surface area contributed by atoms with Gasteiger partial charge in [0.15, 0.2) is 0 Å². The van der Waals surface area contributed by atoms with Crippen LogP contribution in [0.4, 0.5) is 5.95 Å². The summed E-state index contributed by atoms with van der Waals surface area (Å²) in [5, 5.41) is 2.08. The van der Waals surface area contributed by atoms with E-state index in [4.69, 9.17) is 5.73 Å². The number of thiophene rings is 1. The summed E-state index contributed by atoms with van der Waals surface area (Å²) in [6, 6.07) is 2.11. The average Bonchev–Trinajstić information content (AvgIpc) is 2.74. The predicted octanol–water partition coefficient (Wildman–Crippen LogP) is 2.70. The third kappa shape index (κ3) is 3.07. The maximum absolute atomic E-state index is 5.61. The fourth-order valence-corrected chi connectivity index (χ4v) is 3.11. The first kappa shape index (κ1) is 13.5. The van der Waals surface area contributed by atoms with Gasteiger partial charge in [-0.25, -0.2) is 9.97 Å². The summed E-state index contributed by atoms with van der Waals surface area (Å²) in [6.07, 6.45) is 1.80. The first-order valence-corrected chi connectivity index (χ1v) is 7.24. The minimum atomic E-state index is 0.480. The van der Waals surface area contributed by atoms with E-state index >= 15 is 0 Å². The second kappa shape index (κ2) is 5.77. The molecular weight excluding hydrogens is 312 g/mol. The third-order valence-electron chi connectivity index (χ3n) is 2.64. The number of hydrogen-bond donors (Lipinski definition) is 1. The zero-order valence-corrected chi connectivity index (χ0v) is 12.8. The van der Waals surface area contributed by atoms with Gasteiger partial charge in [0.2, 0.25) is 5.95 Å². The molecule has 0 atom stereocenters. The van der Waals surface area contributed by atoms with Crippen LogP contribution in [0.3, 0.4) is 0 Å². The van der Waals surface area contributed by atoms with Crippen molar-refractivity contribution in [3.8, 4) is 0 Å². The van der Waals surface area contributed by atoms with Crippen LogP contribution in [0.25, 0.3) is 0 Å². The predicted molar refractivity (Wildman–Crippen MR) is 78.8 cm³/mol. The molecule has 6 heteroatoms. The average molecular weight is 327 g/mol. The van der Waals surface area contributed by atoms with Gasteiger partial charge in [-0.2, -0.15) is 0 Å². The molecule has 0 amide bonds. The summed E-state index contributed by atoms with van der Waals surface area (Å²) in [5.74, 6) is 0.731. The summed E-state index contributed by atoms with van der Waals surface area (Å²) in [5.41, 5.74) is 7.54. The highest BCUT2D eigenvalue weighted by Gasteiger charge is 2.08. The van der Waals surface area contributed by atoms with Gasteiger partial charge in [-0.3, -0.25) is 0 Å². The number of anilines is 1. The molecule has 0 aliphatic heterocycles. The zero-order valence-electron chi connectivity index (χ0n) is 10.4.